The molecule has 1 aromatic rings. The Bertz CT molecular complexity index is 395. The highest BCUT2D eigenvalue weighted by molar-refractivity contribution is 5.31. The van der Waals surface area contributed by atoms with Crippen molar-refractivity contribution in [3.05, 3.63) is 34.4 Å². The number of benzene rings is 1. The summed E-state index contributed by atoms with van der Waals surface area (Å²) in [7, 11) is 0. The van der Waals surface area contributed by atoms with Gasteiger partial charge in [-0.3, -0.25) is 0 Å². The molecular formula is C11H11F4N. The monoisotopic (exact) mass is 233 g/mol. The Morgan fingerprint density at radius 1 is 1.00 bits per heavy atom. The van der Waals surface area contributed by atoms with E-state index >= 15 is 0 Å². The van der Waals surface area contributed by atoms with Gasteiger partial charge in [0, 0.05) is 17.2 Å². The van der Waals surface area contributed by atoms with E-state index in [1.165, 1.54) is 0 Å². The van der Waals surface area contributed by atoms with Crippen LogP contribution in [-0.2, 0) is 0 Å². The van der Waals surface area contributed by atoms with E-state index in [1.807, 2.05) is 0 Å². The molecule has 1 atom stereocenters. The van der Waals surface area contributed by atoms with Crippen LogP contribution >= 0.6 is 0 Å². The highest BCUT2D eigenvalue weighted by atomic mass is 19.2. The molecule has 0 unspecified atom stereocenters. The molecule has 0 aliphatic carbocycles. The van der Waals surface area contributed by atoms with Gasteiger partial charge in [0.05, 0.1) is 0 Å². The van der Waals surface area contributed by atoms with Crippen LogP contribution in [0.15, 0.2) is 0 Å². The van der Waals surface area contributed by atoms with Crippen LogP contribution in [0.1, 0.15) is 30.0 Å². The maximum atomic E-state index is 13.5. The zero-order valence-corrected chi connectivity index (χ0v) is 8.71. The number of nitrogens with one attached hydrogen (secondary N) is 1. The second kappa shape index (κ2) is 4.05. The van der Waals surface area contributed by atoms with Gasteiger partial charge in [-0.15, -0.1) is 0 Å². The standard InChI is InChI=1S/C11H11F4N/c1-5-8(12)10(14)7(11(15)9(5)13)6-3-2-4-16-6/h6,16H,2-4H2,1H3/t6-/m1/s1. The summed E-state index contributed by atoms with van der Waals surface area (Å²) in [6.07, 6.45) is 1.22. The SMILES string of the molecule is Cc1c(F)c(F)c([C@H]2CCCN2)c(F)c1F. The van der Waals surface area contributed by atoms with E-state index in [0.29, 0.717) is 13.0 Å². The van der Waals surface area contributed by atoms with Gasteiger partial charge in [-0.1, -0.05) is 0 Å². The van der Waals surface area contributed by atoms with Gasteiger partial charge in [-0.25, -0.2) is 17.6 Å². The highest BCUT2D eigenvalue weighted by Gasteiger charge is 2.29. The molecule has 1 heterocycles. The molecule has 0 saturated carbocycles. The van der Waals surface area contributed by atoms with Gasteiger partial charge in [0.2, 0.25) is 0 Å². The van der Waals surface area contributed by atoms with Gasteiger partial charge in [0.15, 0.2) is 23.3 Å². The fourth-order valence-electron chi connectivity index (χ4n) is 2.00. The largest absolute Gasteiger partial charge is 0.310 e. The minimum atomic E-state index is -1.30. The molecule has 1 aromatic carbocycles. The summed E-state index contributed by atoms with van der Waals surface area (Å²) in [4.78, 5) is 0. The van der Waals surface area contributed by atoms with Crippen molar-refractivity contribution in [3.8, 4) is 0 Å². The third-order valence-corrected chi connectivity index (χ3v) is 2.93. The van der Waals surface area contributed by atoms with Gasteiger partial charge in [-0.2, -0.15) is 0 Å². The first-order chi connectivity index (χ1) is 7.54. The molecule has 88 valence electrons. The Hall–Kier alpha value is -1.10. The quantitative estimate of drug-likeness (QED) is 0.580. The van der Waals surface area contributed by atoms with Crippen LogP contribution in [0.25, 0.3) is 0 Å². The Morgan fingerprint density at radius 3 is 2.00 bits per heavy atom. The molecule has 16 heavy (non-hydrogen) atoms. The fourth-order valence-corrected chi connectivity index (χ4v) is 2.00. The molecule has 1 nitrogen and oxygen atoms in total. The predicted octanol–water partition coefficient (Wildman–Crippen LogP) is 2.98. The van der Waals surface area contributed by atoms with Crippen LogP contribution in [0, 0.1) is 30.2 Å². The first-order valence-electron chi connectivity index (χ1n) is 5.10. The highest BCUT2D eigenvalue weighted by Crippen LogP contribution is 2.32. The van der Waals surface area contributed by atoms with Crippen LogP contribution < -0.4 is 5.32 Å². The summed E-state index contributed by atoms with van der Waals surface area (Å²) >= 11 is 0. The summed E-state index contributed by atoms with van der Waals surface area (Å²) in [5, 5.41) is 2.82. The van der Waals surface area contributed by atoms with E-state index in [4.69, 9.17) is 0 Å². The molecule has 2 rings (SSSR count). The second-order valence-corrected chi connectivity index (χ2v) is 3.94. The predicted molar refractivity (Wildman–Crippen MR) is 51.0 cm³/mol. The Labute approximate surface area is 90.5 Å². The zero-order valence-electron chi connectivity index (χ0n) is 8.71. The summed E-state index contributed by atoms with van der Waals surface area (Å²) < 4.78 is 53.6. The molecule has 0 spiro atoms. The fraction of sp³-hybridized carbons (Fsp3) is 0.455. The van der Waals surface area contributed by atoms with Crippen molar-refractivity contribution in [3.63, 3.8) is 0 Å². The summed E-state index contributed by atoms with van der Waals surface area (Å²) in [6, 6.07) is -0.635. The first kappa shape index (κ1) is 11.4. The summed E-state index contributed by atoms with van der Waals surface area (Å²) in [5.41, 5.74) is -1.13. The third kappa shape index (κ3) is 1.59. The van der Waals surface area contributed by atoms with E-state index in [9.17, 15) is 17.6 Å². The van der Waals surface area contributed by atoms with Crippen molar-refractivity contribution >= 4 is 0 Å². The Balaban J connectivity index is 2.59. The molecule has 1 saturated heterocycles. The normalized spacial score (nSPS) is 20.4. The number of hydrogen-bond acceptors (Lipinski definition) is 1. The Kier molecular flexibility index (Phi) is 2.88. The summed E-state index contributed by atoms with van der Waals surface area (Å²) in [5.74, 6) is -5.17. The van der Waals surface area contributed by atoms with Crippen molar-refractivity contribution in [1.82, 2.24) is 5.32 Å². The second-order valence-electron chi connectivity index (χ2n) is 3.94. The van der Waals surface area contributed by atoms with Gasteiger partial charge in [0.1, 0.15) is 0 Å². The summed E-state index contributed by atoms with van der Waals surface area (Å²) in [6.45, 7) is 1.61. The minimum absolute atomic E-state index is 0.482. The maximum absolute atomic E-state index is 13.5. The van der Waals surface area contributed by atoms with Crippen molar-refractivity contribution in [2.45, 2.75) is 25.8 Å². The van der Waals surface area contributed by atoms with E-state index in [0.717, 1.165) is 13.3 Å². The molecule has 1 aliphatic heterocycles. The van der Waals surface area contributed by atoms with E-state index < -0.39 is 40.4 Å². The number of hydrogen-bond donors (Lipinski definition) is 1. The maximum Gasteiger partial charge on any atom is 0.167 e. The molecular weight excluding hydrogens is 222 g/mol. The van der Waals surface area contributed by atoms with Crippen LogP contribution in [0.3, 0.4) is 0 Å². The third-order valence-electron chi connectivity index (χ3n) is 2.93. The van der Waals surface area contributed by atoms with E-state index in [1.54, 1.807) is 0 Å². The van der Waals surface area contributed by atoms with Crippen molar-refractivity contribution in [1.29, 1.82) is 0 Å². The number of halogens is 4. The van der Waals surface area contributed by atoms with Crippen molar-refractivity contribution in [2.24, 2.45) is 0 Å². The minimum Gasteiger partial charge on any atom is -0.310 e. The Morgan fingerprint density at radius 2 is 1.56 bits per heavy atom. The zero-order chi connectivity index (χ0) is 11.9. The van der Waals surface area contributed by atoms with E-state index in [-0.39, 0.29) is 0 Å². The smallest absolute Gasteiger partial charge is 0.167 e. The molecule has 5 heteroatoms. The lowest BCUT2D eigenvalue weighted by molar-refractivity contribution is 0.413. The van der Waals surface area contributed by atoms with Crippen LogP contribution in [-0.4, -0.2) is 6.54 Å². The molecule has 0 radical (unpaired) electrons. The topological polar surface area (TPSA) is 12.0 Å². The molecule has 0 aromatic heterocycles. The molecule has 0 amide bonds. The average Bonchev–Trinajstić information content (AvgIpc) is 2.77. The lowest BCUT2D eigenvalue weighted by atomic mass is 10.0. The van der Waals surface area contributed by atoms with Crippen LogP contribution in [0.5, 0.6) is 0 Å². The van der Waals surface area contributed by atoms with E-state index in [2.05, 4.69) is 5.32 Å². The van der Waals surface area contributed by atoms with Gasteiger partial charge in [0.25, 0.3) is 0 Å². The van der Waals surface area contributed by atoms with Crippen LogP contribution in [0.4, 0.5) is 17.6 Å². The van der Waals surface area contributed by atoms with Gasteiger partial charge in [-0.05, 0) is 26.3 Å². The van der Waals surface area contributed by atoms with Crippen molar-refractivity contribution < 1.29 is 17.6 Å². The molecule has 0 bridgehead atoms. The van der Waals surface area contributed by atoms with Gasteiger partial charge < -0.3 is 5.32 Å². The van der Waals surface area contributed by atoms with Crippen LogP contribution in [0.2, 0.25) is 0 Å². The number of rotatable bonds is 1. The lowest BCUT2D eigenvalue weighted by Gasteiger charge is -2.15. The molecule has 1 fully saturated rings. The average molecular weight is 233 g/mol. The van der Waals surface area contributed by atoms with Gasteiger partial charge >= 0.3 is 0 Å². The first-order valence-corrected chi connectivity index (χ1v) is 5.10. The van der Waals surface area contributed by atoms with Crippen molar-refractivity contribution in [2.75, 3.05) is 6.54 Å². The molecule has 1 N–H and O–H groups in total. The lowest BCUT2D eigenvalue weighted by Crippen LogP contribution is -2.18. The molecule has 1 aliphatic rings.